The van der Waals surface area contributed by atoms with Gasteiger partial charge in [0, 0.05) is 4.90 Å². The van der Waals surface area contributed by atoms with Crippen molar-refractivity contribution in [2.45, 2.75) is 11.5 Å². The minimum Gasteiger partial charge on any atom is -0.392 e. The van der Waals surface area contributed by atoms with E-state index in [4.69, 9.17) is 16.7 Å². The zero-order chi connectivity index (χ0) is 9.84. The Bertz CT molecular complexity index is 291. The molecule has 1 aromatic carbocycles. The summed E-state index contributed by atoms with van der Waals surface area (Å²) in [6.45, 7) is 0.0344. The number of hydrogen-bond acceptors (Lipinski definition) is 3. The number of halogens is 1. The van der Waals surface area contributed by atoms with E-state index in [0.717, 1.165) is 10.5 Å². The average Bonchev–Trinajstić information content (AvgIpc) is 2.08. The lowest BCUT2D eigenvalue weighted by Gasteiger charge is -2.10. The van der Waals surface area contributed by atoms with E-state index >= 15 is 0 Å². The summed E-state index contributed by atoms with van der Waals surface area (Å²) in [7, 11) is 3.92. The number of aliphatic hydroxyl groups is 1. The quantitative estimate of drug-likeness (QED) is 0.787. The molecule has 0 atom stereocenters. The van der Waals surface area contributed by atoms with Crippen LogP contribution in [0.15, 0.2) is 23.1 Å². The Labute approximate surface area is 87.6 Å². The number of aliphatic hydroxyl groups excluding tert-OH is 1. The third-order valence-electron chi connectivity index (χ3n) is 1.46. The predicted octanol–water partition coefficient (Wildman–Crippen LogP) is 2.40. The van der Waals surface area contributed by atoms with Gasteiger partial charge in [0.25, 0.3) is 0 Å². The second-order valence-corrected chi connectivity index (χ2v) is 4.59. The van der Waals surface area contributed by atoms with Crippen LogP contribution in [0.3, 0.4) is 0 Å². The normalized spacial score (nSPS) is 10.8. The molecular formula is C9H12ClNOS. The van der Waals surface area contributed by atoms with Gasteiger partial charge in [0.05, 0.1) is 11.6 Å². The van der Waals surface area contributed by atoms with Crippen molar-refractivity contribution < 1.29 is 5.11 Å². The van der Waals surface area contributed by atoms with Crippen molar-refractivity contribution in [3.05, 3.63) is 28.8 Å². The van der Waals surface area contributed by atoms with E-state index in [1.807, 2.05) is 30.5 Å². The Morgan fingerprint density at radius 3 is 2.62 bits per heavy atom. The van der Waals surface area contributed by atoms with E-state index in [9.17, 15) is 0 Å². The van der Waals surface area contributed by atoms with Crippen LogP contribution in [0.2, 0.25) is 5.02 Å². The summed E-state index contributed by atoms with van der Waals surface area (Å²) in [6, 6.07) is 5.57. The number of hydrogen-bond donors (Lipinski definition) is 1. The van der Waals surface area contributed by atoms with Crippen LogP contribution in [-0.2, 0) is 6.61 Å². The monoisotopic (exact) mass is 217 g/mol. The molecule has 1 N–H and O–H groups in total. The van der Waals surface area contributed by atoms with Gasteiger partial charge in [-0.3, -0.25) is 4.31 Å². The predicted molar refractivity (Wildman–Crippen MR) is 56.9 cm³/mol. The molecule has 4 heteroatoms. The highest BCUT2D eigenvalue weighted by Crippen LogP contribution is 2.28. The Hall–Kier alpha value is -0.220. The van der Waals surface area contributed by atoms with Gasteiger partial charge in [-0.05, 0) is 43.7 Å². The van der Waals surface area contributed by atoms with Crippen LogP contribution in [0.1, 0.15) is 5.56 Å². The van der Waals surface area contributed by atoms with Crippen LogP contribution in [0.5, 0.6) is 0 Å². The number of benzene rings is 1. The molecule has 0 fully saturated rings. The summed E-state index contributed by atoms with van der Waals surface area (Å²) in [5, 5.41) is 9.54. The summed E-state index contributed by atoms with van der Waals surface area (Å²) < 4.78 is 1.97. The Morgan fingerprint density at radius 2 is 2.15 bits per heavy atom. The standard InChI is InChI=1S/C9H12ClNOS/c1-11(2)13-9-4-3-7(6-12)5-8(9)10/h3-5,12H,6H2,1-2H3. The highest BCUT2D eigenvalue weighted by molar-refractivity contribution is 7.97. The van der Waals surface area contributed by atoms with Gasteiger partial charge in [-0.1, -0.05) is 17.7 Å². The third-order valence-corrected chi connectivity index (χ3v) is 2.80. The summed E-state index contributed by atoms with van der Waals surface area (Å²) in [6.07, 6.45) is 0. The Balaban J connectivity index is 2.85. The first-order chi connectivity index (χ1) is 6.13. The lowest BCUT2D eigenvalue weighted by atomic mass is 10.2. The summed E-state index contributed by atoms with van der Waals surface area (Å²) >= 11 is 7.56. The van der Waals surface area contributed by atoms with Gasteiger partial charge in [-0.25, -0.2) is 0 Å². The first-order valence-electron chi connectivity index (χ1n) is 3.88. The third kappa shape index (κ3) is 3.19. The largest absolute Gasteiger partial charge is 0.392 e. The van der Waals surface area contributed by atoms with Crippen LogP contribution >= 0.6 is 23.5 Å². The minimum atomic E-state index is 0.0344. The molecule has 0 aliphatic carbocycles. The molecule has 72 valence electrons. The molecular weight excluding hydrogens is 206 g/mol. The SMILES string of the molecule is CN(C)Sc1ccc(CO)cc1Cl. The maximum Gasteiger partial charge on any atom is 0.0682 e. The molecule has 0 spiro atoms. The van der Waals surface area contributed by atoms with Crippen molar-refractivity contribution >= 4 is 23.5 Å². The highest BCUT2D eigenvalue weighted by Gasteiger charge is 2.03. The molecule has 2 nitrogen and oxygen atoms in total. The van der Waals surface area contributed by atoms with Crippen LogP contribution in [0.25, 0.3) is 0 Å². The fourth-order valence-electron chi connectivity index (χ4n) is 0.913. The van der Waals surface area contributed by atoms with Gasteiger partial charge < -0.3 is 5.11 Å². The van der Waals surface area contributed by atoms with Gasteiger partial charge in [0.1, 0.15) is 0 Å². The van der Waals surface area contributed by atoms with Crippen molar-refractivity contribution in [1.29, 1.82) is 0 Å². The van der Waals surface area contributed by atoms with E-state index in [-0.39, 0.29) is 6.61 Å². The molecule has 1 aromatic rings. The zero-order valence-electron chi connectivity index (χ0n) is 7.62. The number of rotatable bonds is 3. The molecule has 0 aliphatic heterocycles. The fourth-order valence-corrected chi connectivity index (χ4v) is 1.89. The summed E-state index contributed by atoms with van der Waals surface area (Å²) in [5.74, 6) is 0. The van der Waals surface area contributed by atoms with Crippen molar-refractivity contribution in [3.63, 3.8) is 0 Å². The van der Waals surface area contributed by atoms with Crippen LogP contribution in [0.4, 0.5) is 0 Å². The second-order valence-electron chi connectivity index (χ2n) is 2.83. The molecule has 0 unspecified atom stereocenters. The molecule has 0 saturated heterocycles. The number of nitrogens with zero attached hydrogens (tertiary/aromatic N) is 1. The molecule has 0 aliphatic rings. The van der Waals surface area contributed by atoms with E-state index < -0.39 is 0 Å². The van der Waals surface area contributed by atoms with Gasteiger partial charge in [-0.2, -0.15) is 0 Å². The molecule has 0 bridgehead atoms. The van der Waals surface area contributed by atoms with Crippen molar-refractivity contribution in [1.82, 2.24) is 4.31 Å². The molecule has 0 saturated carbocycles. The van der Waals surface area contributed by atoms with Crippen LogP contribution in [-0.4, -0.2) is 23.5 Å². The lowest BCUT2D eigenvalue weighted by Crippen LogP contribution is -1.99. The maximum absolute atomic E-state index is 8.86. The average molecular weight is 218 g/mol. The summed E-state index contributed by atoms with van der Waals surface area (Å²) in [4.78, 5) is 1.00. The topological polar surface area (TPSA) is 23.5 Å². The first kappa shape index (κ1) is 10.9. The molecule has 0 heterocycles. The molecule has 0 radical (unpaired) electrons. The highest BCUT2D eigenvalue weighted by atomic mass is 35.5. The van der Waals surface area contributed by atoms with Crippen LogP contribution in [0, 0.1) is 0 Å². The lowest BCUT2D eigenvalue weighted by molar-refractivity contribution is 0.282. The Kier molecular flexibility index (Phi) is 4.06. The molecule has 1 rings (SSSR count). The van der Waals surface area contributed by atoms with Crippen molar-refractivity contribution in [2.75, 3.05) is 14.1 Å². The van der Waals surface area contributed by atoms with Gasteiger partial charge in [0.15, 0.2) is 0 Å². The second kappa shape index (κ2) is 4.86. The van der Waals surface area contributed by atoms with Gasteiger partial charge in [-0.15, -0.1) is 0 Å². The zero-order valence-corrected chi connectivity index (χ0v) is 9.19. The fraction of sp³-hybridized carbons (Fsp3) is 0.333. The Morgan fingerprint density at radius 1 is 1.46 bits per heavy atom. The van der Waals surface area contributed by atoms with Crippen LogP contribution < -0.4 is 0 Å². The van der Waals surface area contributed by atoms with Gasteiger partial charge >= 0.3 is 0 Å². The first-order valence-corrected chi connectivity index (χ1v) is 5.03. The maximum atomic E-state index is 8.86. The molecule has 0 aromatic heterocycles. The smallest absolute Gasteiger partial charge is 0.0682 e. The molecule has 13 heavy (non-hydrogen) atoms. The minimum absolute atomic E-state index is 0.0344. The van der Waals surface area contributed by atoms with Gasteiger partial charge in [0.2, 0.25) is 0 Å². The van der Waals surface area contributed by atoms with E-state index in [1.54, 1.807) is 18.0 Å². The van der Waals surface area contributed by atoms with Crippen molar-refractivity contribution in [2.24, 2.45) is 0 Å². The van der Waals surface area contributed by atoms with E-state index in [0.29, 0.717) is 5.02 Å². The van der Waals surface area contributed by atoms with E-state index in [1.165, 1.54) is 0 Å². The van der Waals surface area contributed by atoms with E-state index in [2.05, 4.69) is 0 Å². The summed E-state index contributed by atoms with van der Waals surface area (Å²) in [5.41, 5.74) is 0.841. The molecule has 0 amide bonds. The van der Waals surface area contributed by atoms with Crippen molar-refractivity contribution in [3.8, 4) is 0 Å².